The monoisotopic (exact) mass is 417 g/mol. The van der Waals surface area contributed by atoms with Crippen molar-refractivity contribution in [2.45, 2.75) is 51.7 Å². The van der Waals surface area contributed by atoms with Crippen molar-refractivity contribution in [2.75, 3.05) is 19.7 Å². The molecule has 1 fully saturated rings. The van der Waals surface area contributed by atoms with Gasteiger partial charge in [-0.3, -0.25) is 14.4 Å². The Balaban J connectivity index is 1.72. The van der Waals surface area contributed by atoms with E-state index in [1.54, 1.807) is 4.90 Å². The number of Topliss-reactive ketones (excluding diaryl/α,β-unsaturated/α-hetero) is 1. The molecule has 29 heavy (non-hydrogen) atoms. The molecule has 1 aromatic carbocycles. The fourth-order valence-electron chi connectivity index (χ4n) is 3.35. The summed E-state index contributed by atoms with van der Waals surface area (Å²) in [5.74, 6) is -0.613. The van der Waals surface area contributed by atoms with Gasteiger partial charge in [0.2, 0.25) is 11.7 Å². The zero-order valence-corrected chi connectivity index (χ0v) is 17.7. The Labute approximate surface area is 174 Å². The van der Waals surface area contributed by atoms with Crippen molar-refractivity contribution in [1.29, 1.82) is 0 Å². The van der Waals surface area contributed by atoms with Crippen molar-refractivity contribution in [2.24, 2.45) is 0 Å². The van der Waals surface area contributed by atoms with Crippen LogP contribution in [-0.4, -0.2) is 59.3 Å². The third kappa shape index (κ3) is 5.39. The van der Waals surface area contributed by atoms with Crippen LogP contribution in [0.15, 0.2) is 24.3 Å². The van der Waals surface area contributed by atoms with Gasteiger partial charge in [-0.05, 0) is 18.6 Å². The summed E-state index contributed by atoms with van der Waals surface area (Å²) < 4.78 is 6.50. The highest BCUT2D eigenvalue weighted by Crippen LogP contribution is 2.23. The summed E-state index contributed by atoms with van der Waals surface area (Å²) in [6, 6.07) is 6.96. The number of carbonyl (C=O) groups is 3. The third-order valence-electron chi connectivity index (χ3n) is 5.04. The average Bonchev–Trinajstić information content (AvgIpc) is 3.17. The molecule has 1 aliphatic rings. The molecular formula is C21H27N3O4S. The third-order valence-corrected chi connectivity index (χ3v) is 6.09. The molecule has 1 aliphatic heterocycles. The van der Waals surface area contributed by atoms with Crippen molar-refractivity contribution in [1.82, 2.24) is 15.2 Å². The molecule has 1 unspecified atom stereocenters. The molecular weight excluding hydrogens is 390 g/mol. The Kier molecular flexibility index (Phi) is 7.33. The molecule has 2 aromatic rings. The molecule has 156 valence electrons. The summed E-state index contributed by atoms with van der Waals surface area (Å²) >= 11 is 1.34. The molecule has 0 bridgehead atoms. The van der Waals surface area contributed by atoms with Gasteiger partial charge < -0.3 is 15.0 Å². The zero-order valence-electron chi connectivity index (χ0n) is 16.8. The second-order valence-corrected chi connectivity index (χ2v) is 8.26. The number of ether oxygens (including phenoxy) is 1. The number of unbranched alkanes of at least 4 members (excludes halogenated alkanes) is 2. The largest absolute Gasteiger partial charge is 0.365 e. The summed E-state index contributed by atoms with van der Waals surface area (Å²) in [4.78, 5) is 43.6. The van der Waals surface area contributed by atoms with Gasteiger partial charge in [0.25, 0.3) is 5.91 Å². The molecule has 2 atom stereocenters. The molecule has 3 rings (SSSR count). The molecule has 0 aliphatic carbocycles. The molecule has 8 heteroatoms. The number of aromatic nitrogens is 1. The second-order valence-electron chi connectivity index (χ2n) is 7.23. The van der Waals surface area contributed by atoms with Crippen LogP contribution in [0.25, 0.3) is 10.2 Å². The van der Waals surface area contributed by atoms with Crippen molar-refractivity contribution < 1.29 is 19.1 Å². The van der Waals surface area contributed by atoms with Crippen molar-refractivity contribution in [3.63, 3.8) is 0 Å². The van der Waals surface area contributed by atoms with Gasteiger partial charge in [0.1, 0.15) is 0 Å². The first-order valence-electron chi connectivity index (χ1n) is 10.1. The first-order valence-corrected chi connectivity index (χ1v) is 10.9. The van der Waals surface area contributed by atoms with Gasteiger partial charge in [-0.15, -0.1) is 11.3 Å². The average molecular weight is 418 g/mol. The van der Waals surface area contributed by atoms with E-state index in [-0.39, 0.29) is 24.1 Å². The van der Waals surface area contributed by atoms with Crippen LogP contribution in [0.4, 0.5) is 0 Å². The number of ketones is 1. The Morgan fingerprint density at radius 3 is 2.83 bits per heavy atom. The number of morpholine rings is 1. The maximum Gasteiger partial charge on any atom is 0.251 e. The minimum absolute atomic E-state index is 0.0869. The van der Waals surface area contributed by atoms with Crippen LogP contribution in [0.3, 0.4) is 0 Å². The number of hydrogen-bond acceptors (Lipinski definition) is 6. The number of benzene rings is 1. The van der Waals surface area contributed by atoms with E-state index >= 15 is 0 Å². The van der Waals surface area contributed by atoms with Crippen LogP contribution in [-0.2, 0) is 14.3 Å². The number of carbonyl (C=O) groups excluding carboxylic acids is 3. The molecule has 0 saturated carbocycles. The Morgan fingerprint density at radius 2 is 2.10 bits per heavy atom. The number of rotatable bonds is 8. The van der Waals surface area contributed by atoms with Gasteiger partial charge in [-0.25, -0.2) is 4.98 Å². The smallest absolute Gasteiger partial charge is 0.251 e. The number of amides is 2. The van der Waals surface area contributed by atoms with Crippen LogP contribution >= 0.6 is 11.3 Å². The van der Waals surface area contributed by atoms with E-state index in [4.69, 9.17) is 4.74 Å². The number of nitrogens with zero attached hydrogens (tertiary/aromatic N) is 2. The van der Waals surface area contributed by atoms with E-state index in [1.807, 2.05) is 24.3 Å². The molecule has 2 amide bonds. The summed E-state index contributed by atoms with van der Waals surface area (Å²) in [6.45, 7) is 4.56. The fourth-order valence-corrected chi connectivity index (χ4v) is 4.31. The Morgan fingerprint density at radius 1 is 1.31 bits per heavy atom. The highest BCUT2D eigenvalue weighted by atomic mass is 32.1. The zero-order chi connectivity index (χ0) is 20.8. The molecule has 1 saturated heterocycles. The molecule has 1 aromatic heterocycles. The highest BCUT2D eigenvalue weighted by Gasteiger charge is 2.31. The normalized spacial score (nSPS) is 17.9. The number of fused-ring (bicyclic) bond motifs is 1. The van der Waals surface area contributed by atoms with Gasteiger partial charge in [0.15, 0.2) is 11.1 Å². The lowest BCUT2D eigenvalue weighted by molar-refractivity contribution is -0.146. The Bertz CT molecular complexity index is 849. The lowest BCUT2D eigenvalue weighted by Crippen LogP contribution is -2.54. The van der Waals surface area contributed by atoms with Crippen molar-refractivity contribution in [3.8, 4) is 0 Å². The SMILES string of the molecule is CCCCC[C@H](NC(=O)C1CN(C(C)=O)CCO1)C(=O)c1nc2ccccc2s1. The molecule has 7 nitrogen and oxygen atoms in total. The number of para-hydroxylation sites is 1. The van der Waals surface area contributed by atoms with Crippen LogP contribution in [0, 0.1) is 0 Å². The topological polar surface area (TPSA) is 88.6 Å². The highest BCUT2D eigenvalue weighted by molar-refractivity contribution is 7.20. The van der Waals surface area contributed by atoms with Gasteiger partial charge in [-0.1, -0.05) is 38.3 Å². The van der Waals surface area contributed by atoms with Crippen LogP contribution in [0.2, 0.25) is 0 Å². The molecule has 0 spiro atoms. The summed E-state index contributed by atoms with van der Waals surface area (Å²) in [6.07, 6.45) is 2.64. The Hall–Kier alpha value is -2.32. The predicted molar refractivity (Wildman–Crippen MR) is 112 cm³/mol. The number of nitrogens with one attached hydrogen (secondary N) is 1. The van der Waals surface area contributed by atoms with Gasteiger partial charge in [0.05, 0.1) is 29.4 Å². The second kappa shape index (κ2) is 9.93. The van der Waals surface area contributed by atoms with Gasteiger partial charge in [-0.2, -0.15) is 0 Å². The van der Waals surface area contributed by atoms with E-state index in [9.17, 15) is 14.4 Å². The van der Waals surface area contributed by atoms with Gasteiger partial charge >= 0.3 is 0 Å². The predicted octanol–water partition coefficient (Wildman–Crippen LogP) is 2.79. The standard InChI is InChI=1S/C21H27N3O4S/c1-3-4-5-9-16(19(26)21-23-15-8-6-7-10-18(15)29-21)22-20(27)17-13-24(14(2)25)11-12-28-17/h6-8,10,16-17H,3-5,9,11-13H2,1-2H3,(H,22,27)/t16-,17?/m0/s1. The van der Waals surface area contributed by atoms with Crippen LogP contribution in [0.5, 0.6) is 0 Å². The quantitative estimate of drug-likeness (QED) is 0.527. The number of thiazole rings is 1. The summed E-state index contributed by atoms with van der Waals surface area (Å²) in [5, 5.41) is 3.27. The lowest BCUT2D eigenvalue weighted by atomic mass is 10.0. The fraction of sp³-hybridized carbons (Fsp3) is 0.524. The molecule has 2 heterocycles. The lowest BCUT2D eigenvalue weighted by Gasteiger charge is -2.32. The minimum Gasteiger partial charge on any atom is -0.365 e. The van der Waals surface area contributed by atoms with Crippen LogP contribution in [0.1, 0.15) is 49.3 Å². The minimum atomic E-state index is -0.760. The van der Waals surface area contributed by atoms with Gasteiger partial charge in [0, 0.05) is 13.5 Å². The summed E-state index contributed by atoms with van der Waals surface area (Å²) in [7, 11) is 0. The maximum atomic E-state index is 13.1. The van der Waals surface area contributed by atoms with Crippen LogP contribution < -0.4 is 5.32 Å². The number of hydrogen-bond donors (Lipinski definition) is 1. The maximum absolute atomic E-state index is 13.1. The first kappa shape index (κ1) is 21.4. The van der Waals surface area contributed by atoms with E-state index in [0.717, 1.165) is 29.5 Å². The van der Waals surface area contributed by atoms with Crippen molar-refractivity contribution in [3.05, 3.63) is 29.3 Å². The van der Waals surface area contributed by atoms with E-state index < -0.39 is 12.1 Å². The van der Waals surface area contributed by atoms with E-state index in [0.29, 0.717) is 24.6 Å². The van der Waals surface area contributed by atoms with E-state index in [2.05, 4.69) is 17.2 Å². The summed E-state index contributed by atoms with van der Waals surface area (Å²) in [5.41, 5.74) is 0.784. The van der Waals surface area contributed by atoms with Crippen molar-refractivity contribution >= 4 is 39.2 Å². The molecule has 0 radical (unpaired) electrons. The van der Waals surface area contributed by atoms with E-state index in [1.165, 1.54) is 18.3 Å². The first-order chi connectivity index (χ1) is 14.0. The molecule has 1 N–H and O–H groups in total.